The van der Waals surface area contributed by atoms with E-state index in [9.17, 15) is 9.59 Å². The first kappa shape index (κ1) is 16.7. The number of benzene rings is 2. The number of esters is 1. The van der Waals surface area contributed by atoms with E-state index in [2.05, 4.69) is 0 Å². The van der Waals surface area contributed by atoms with Crippen molar-refractivity contribution in [1.82, 2.24) is 0 Å². The van der Waals surface area contributed by atoms with Crippen LogP contribution in [0.3, 0.4) is 0 Å². The lowest BCUT2D eigenvalue weighted by atomic mass is 9.98. The van der Waals surface area contributed by atoms with Crippen molar-refractivity contribution in [2.75, 3.05) is 19.0 Å². The van der Waals surface area contributed by atoms with Crippen molar-refractivity contribution >= 4 is 17.4 Å². The molecule has 0 N–H and O–H groups in total. The van der Waals surface area contributed by atoms with Crippen LogP contribution >= 0.6 is 0 Å². The molecule has 0 fully saturated rings. The lowest BCUT2D eigenvalue weighted by Crippen LogP contribution is -2.19. The predicted octanol–water partition coefficient (Wildman–Crippen LogP) is 3.55. The smallest absolute Gasteiger partial charge is 0.303 e. The van der Waals surface area contributed by atoms with Gasteiger partial charge in [0.25, 0.3) is 0 Å². The van der Waals surface area contributed by atoms with Gasteiger partial charge in [-0.25, -0.2) is 0 Å². The highest BCUT2D eigenvalue weighted by molar-refractivity contribution is 6.01. The summed E-state index contributed by atoms with van der Waals surface area (Å²) in [6.07, 6.45) is -0.918. The second kappa shape index (κ2) is 7.09. The van der Waals surface area contributed by atoms with Gasteiger partial charge in [-0.15, -0.1) is 0 Å². The molecule has 0 radical (unpaired) electrons. The first-order valence-electron chi connectivity index (χ1n) is 7.44. The van der Waals surface area contributed by atoms with Crippen molar-refractivity contribution in [3.05, 3.63) is 65.2 Å². The summed E-state index contributed by atoms with van der Waals surface area (Å²) >= 11 is 0. The summed E-state index contributed by atoms with van der Waals surface area (Å²) in [6, 6.07) is 14.7. The zero-order valence-electron chi connectivity index (χ0n) is 13.9. The fraction of sp³-hybridized carbons (Fsp3) is 0.263. The van der Waals surface area contributed by atoms with Crippen molar-refractivity contribution in [2.24, 2.45) is 0 Å². The molecule has 0 bridgehead atoms. The molecule has 0 aliphatic rings. The van der Waals surface area contributed by atoms with Crippen molar-refractivity contribution in [3.8, 4) is 0 Å². The number of carbonyl (C=O) groups excluding carboxylic acids is 2. The molecule has 1 atom stereocenters. The minimum atomic E-state index is -0.918. The van der Waals surface area contributed by atoms with Crippen LogP contribution in [-0.2, 0) is 9.53 Å². The number of aryl methyl sites for hydroxylation is 1. The molecule has 2 aromatic rings. The Morgan fingerprint density at radius 2 is 1.52 bits per heavy atom. The van der Waals surface area contributed by atoms with Gasteiger partial charge in [0.15, 0.2) is 6.10 Å². The average Bonchev–Trinajstić information content (AvgIpc) is 2.53. The molecule has 4 heteroatoms. The van der Waals surface area contributed by atoms with Crippen LogP contribution in [0.2, 0.25) is 0 Å². The Hall–Kier alpha value is -2.62. The second-order valence-corrected chi connectivity index (χ2v) is 5.71. The standard InChI is InChI=1S/C19H21NO3/c1-13-5-7-16(8-6-13)19(23-14(2)21)18(22)15-9-11-17(12-10-15)20(3)4/h5-12,19H,1-4H3/t19-/m1/s1. The lowest BCUT2D eigenvalue weighted by molar-refractivity contribution is -0.144. The number of Topliss-reactive ketones (excluding diaryl/α,β-unsaturated/α-hetero) is 1. The molecule has 2 rings (SSSR count). The Balaban J connectivity index is 2.32. The Morgan fingerprint density at radius 3 is 2.00 bits per heavy atom. The number of hydrogen-bond acceptors (Lipinski definition) is 4. The van der Waals surface area contributed by atoms with Crippen molar-refractivity contribution < 1.29 is 14.3 Å². The zero-order chi connectivity index (χ0) is 17.0. The van der Waals surface area contributed by atoms with Crippen LogP contribution in [0.5, 0.6) is 0 Å². The van der Waals surface area contributed by atoms with Gasteiger partial charge in [-0.3, -0.25) is 9.59 Å². The van der Waals surface area contributed by atoms with E-state index in [1.54, 1.807) is 12.1 Å². The van der Waals surface area contributed by atoms with Crippen molar-refractivity contribution in [2.45, 2.75) is 20.0 Å². The summed E-state index contributed by atoms with van der Waals surface area (Å²) in [5.74, 6) is -0.705. The third-order valence-electron chi connectivity index (χ3n) is 3.57. The zero-order valence-corrected chi connectivity index (χ0v) is 13.9. The van der Waals surface area contributed by atoms with E-state index in [1.165, 1.54) is 6.92 Å². The Morgan fingerprint density at radius 1 is 0.957 bits per heavy atom. The molecule has 0 spiro atoms. The number of ether oxygens (including phenoxy) is 1. The predicted molar refractivity (Wildman–Crippen MR) is 90.8 cm³/mol. The largest absolute Gasteiger partial charge is 0.449 e. The van der Waals surface area contributed by atoms with Gasteiger partial charge < -0.3 is 9.64 Å². The molecule has 23 heavy (non-hydrogen) atoms. The SMILES string of the molecule is CC(=O)O[C@@H](C(=O)c1ccc(N(C)C)cc1)c1ccc(C)cc1. The van der Waals surface area contributed by atoms with E-state index in [4.69, 9.17) is 4.74 Å². The van der Waals surface area contributed by atoms with Crippen LogP contribution in [-0.4, -0.2) is 25.8 Å². The molecule has 0 heterocycles. The van der Waals surface area contributed by atoms with Crippen molar-refractivity contribution in [1.29, 1.82) is 0 Å². The van der Waals surface area contributed by atoms with Gasteiger partial charge in [-0.1, -0.05) is 29.8 Å². The summed E-state index contributed by atoms with van der Waals surface area (Å²) in [4.78, 5) is 26.1. The summed E-state index contributed by atoms with van der Waals surface area (Å²) in [7, 11) is 3.87. The summed E-state index contributed by atoms with van der Waals surface area (Å²) in [5, 5.41) is 0. The van der Waals surface area contributed by atoms with Gasteiger partial charge >= 0.3 is 5.97 Å². The van der Waals surface area contributed by atoms with E-state index in [0.717, 1.165) is 11.3 Å². The fourth-order valence-electron chi connectivity index (χ4n) is 2.26. The minimum Gasteiger partial charge on any atom is -0.449 e. The highest BCUT2D eigenvalue weighted by Crippen LogP contribution is 2.24. The Kier molecular flexibility index (Phi) is 5.16. The number of rotatable bonds is 5. The van der Waals surface area contributed by atoms with E-state index in [1.807, 2.05) is 62.3 Å². The third-order valence-corrected chi connectivity index (χ3v) is 3.57. The van der Waals surface area contributed by atoms with Crippen LogP contribution < -0.4 is 4.90 Å². The molecule has 0 aliphatic carbocycles. The number of carbonyl (C=O) groups is 2. The van der Waals surface area contributed by atoms with Crippen LogP contribution in [0.1, 0.15) is 34.5 Å². The van der Waals surface area contributed by atoms with Crippen LogP contribution in [0.15, 0.2) is 48.5 Å². The first-order chi connectivity index (χ1) is 10.9. The molecule has 0 saturated heterocycles. The highest BCUT2D eigenvalue weighted by atomic mass is 16.5. The molecule has 0 aromatic heterocycles. The van der Waals surface area contributed by atoms with Gasteiger partial charge in [0.2, 0.25) is 5.78 Å². The topological polar surface area (TPSA) is 46.6 Å². The number of hydrogen-bond donors (Lipinski definition) is 0. The average molecular weight is 311 g/mol. The molecule has 0 saturated carbocycles. The highest BCUT2D eigenvalue weighted by Gasteiger charge is 2.25. The third kappa shape index (κ3) is 4.19. The van der Waals surface area contributed by atoms with Crippen LogP contribution in [0, 0.1) is 6.92 Å². The van der Waals surface area contributed by atoms with E-state index in [0.29, 0.717) is 11.1 Å². The van der Waals surface area contributed by atoms with Gasteiger partial charge in [0.1, 0.15) is 0 Å². The molecular weight excluding hydrogens is 290 g/mol. The number of ketones is 1. The fourth-order valence-corrected chi connectivity index (χ4v) is 2.26. The molecule has 0 amide bonds. The summed E-state index contributed by atoms with van der Waals surface area (Å²) in [5.41, 5.74) is 3.27. The second-order valence-electron chi connectivity index (χ2n) is 5.71. The Labute approximate surface area is 136 Å². The van der Waals surface area contributed by atoms with Gasteiger partial charge in [-0.05, 0) is 31.2 Å². The number of nitrogens with zero attached hydrogens (tertiary/aromatic N) is 1. The minimum absolute atomic E-state index is 0.227. The molecule has 2 aromatic carbocycles. The van der Waals surface area contributed by atoms with Crippen molar-refractivity contribution in [3.63, 3.8) is 0 Å². The molecule has 4 nitrogen and oxygen atoms in total. The summed E-state index contributed by atoms with van der Waals surface area (Å²) in [6.45, 7) is 3.27. The lowest BCUT2D eigenvalue weighted by Gasteiger charge is -2.17. The van der Waals surface area contributed by atoms with E-state index in [-0.39, 0.29) is 5.78 Å². The monoisotopic (exact) mass is 311 g/mol. The number of anilines is 1. The molecule has 0 unspecified atom stereocenters. The van der Waals surface area contributed by atoms with Crippen LogP contribution in [0.4, 0.5) is 5.69 Å². The summed E-state index contributed by atoms with van der Waals surface area (Å²) < 4.78 is 5.27. The molecule has 120 valence electrons. The van der Waals surface area contributed by atoms with E-state index >= 15 is 0 Å². The molecule has 0 aliphatic heterocycles. The Bertz CT molecular complexity index is 688. The maximum Gasteiger partial charge on any atom is 0.303 e. The van der Waals surface area contributed by atoms with Gasteiger partial charge in [0, 0.05) is 37.8 Å². The quantitative estimate of drug-likeness (QED) is 0.626. The van der Waals surface area contributed by atoms with Gasteiger partial charge in [0.05, 0.1) is 0 Å². The first-order valence-corrected chi connectivity index (χ1v) is 7.44. The normalized spacial score (nSPS) is 11.7. The maximum absolute atomic E-state index is 12.8. The molecular formula is C19H21NO3. The van der Waals surface area contributed by atoms with E-state index < -0.39 is 12.1 Å². The van der Waals surface area contributed by atoms with Gasteiger partial charge in [-0.2, -0.15) is 0 Å². The maximum atomic E-state index is 12.8. The van der Waals surface area contributed by atoms with Crippen LogP contribution in [0.25, 0.3) is 0 Å².